The number of hydrogen-bond donors (Lipinski definition) is 0. The van der Waals surface area contributed by atoms with Crippen LogP contribution in [-0.2, 0) is 6.54 Å². The number of fused-ring (bicyclic) bond motifs is 1. The maximum absolute atomic E-state index is 14.3. The Morgan fingerprint density at radius 3 is 2.56 bits per heavy atom. The van der Waals surface area contributed by atoms with Gasteiger partial charge < -0.3 is 14.2 Å². The van der Waals surface area contributed by atoms with Crippen LogP contribution in [0.2, 0.25) is 0 Å². The number of piperazine rings is 1. The van der Waals surface area contributed by atoms with Crippen LogP contribution >= 0.6 is 0 Å². The van der Waals surface area contributed by atoms with Crippen molar-refractivity contribution in [1.82, 2.24) is 14.5 Å². The van der Waals surface area contributed by atoms with Crippen molar-refractivity contribution in [2.75, 3.05) is 31.1 Å². The van der Waals surface area contributed by atoms with Gasteiger partial charge in [-0.3, -0.25) is 14.2 Å². The van der Waals surface area contributed by atoms with Crippen LogP contribution in [0, 0.1) is 17.1 Å². The molecule has 4 heterocycles. The quantitative estimate of drug-likeness (QED) is 0.468. The molecule has 4 aromatic rings. The molecule has 1 aliphatic rings. The lowest BCUT2D eigenvalue weighted by Gasteiger charge is -2.36. The van der Waals surface area contributed by atoms with E-state index in [0.29, 0.717) is 42.9 Å². The SMILES string of the molecule is N#Cc1c(N2CCN(C(=O)c3ccco3)CC2)c2cc(F)cnc2n(Cc2ccccc2)c1=O. The smallest absolute Gasteiger partial charge is 0.289 e. The summed E-state index contributed by atoms with van der Waals surface area (Å²) in [6, 6.07) is 15.9. The summed E-state index contributed by atoms with van der Waals surface area (Å²) in [7, 11) is 0. The molecule has 34 heavy (non-hydrogen) atoms. The maximum atomic E-state index is 14.3. The molecule has 1 fully saturated rings. The van der Waals surface area contributed by atoms with Crippen LogP contribution in [0.15, 0.2) is 70.2 Å². The van der Waals surface area contributed by atoms with Crippen molar-refractivity contribution in [2.45, 2.75) is 6.54 Å². The van der Waals surface area contributed by atoms with Crippen LogP contribution in [0.4, 0.5) is 10.1 Å². The molecule has 0 N–H and O–H groups in total. The fraction of sp³-hybridized carbons (Fsp3) is 0.200. The van der Waals surface area contributed by atoms with Crippen LogP contribution < -0.4 is 10.5 Å². The van der Waals surface area contributed by atoms with Gasteiger partial charge in [0, 0.05) is 31.6 Å². The molecule has 8 nitrogen and oxygen atoms in total. The van der Waals surface area contributed by atoms with E-state index in [1.54, 1.807) is 17.0 Å². The van der Waals surface area contributed by atoms with E-state index >= 15 is 0 Å². The zero-order chi connectivity index (χ0) is 23.7. The van der Waals surface area contributed by atoms with Crippen LogP contribution in [-0.4, -0.2) is 46.5 Å². The van der Waals surface area contributed by atoms with Gasteiger partial charge in [0.25, 0.3) is 11.5 Å². The number of rotatable bonds is 4. The molecule has 1 aromatic carbocycles. The summed E-state index contributed by atoms with van der Waals surface area (Å²) in [4.78, 5) is 33.7. The molecule has 0 spiro atoms. The Kier molecular flexibility index (Phi) is 5.55. The van der Waals surface area contributed by atoms with E-state index in [0.717, 1.165) is 11.8 Å². The molecule has 9 heteroatoms. The summed E-state index contributed by atoms with van der Waals surface area (Å²) in [6.45, 7) is 1.67. The molecular formula is C25H20FN5O3. The second kappa shape index (κ2) is 8.83. The first-order valence-electron chi connectivity index (χ1n) is 10.8. The third-order valence-electron chi connectivity index (χ3n) is 5.95. The number of carbonyl (C=O) groups excluding carboxylic acids is 1. The van der Waals surface area contributed by atoms with Crippen molar-refractivity contribution in [1.29, 1.82) is 5.26 Å². The van der Waals surface area contributed by atoms with E-state index < -0.39 is 11.4 Å². The number of hydrogen-bond acceptors (Lipinski definition) is 6. The average molecular weight is 457 g/mol. The Morgan fingerprint density at radius 1 is 1.12 bits per heavy atom. The zero-order valence-electron chi connectivity index (χ0n) is 18.1. The number of amides is 1. The molecule has 0 atom stereocenters. The molecule has 1 saturated heterocycles. The van der Waals surface area contributed by atoms with Crippen molar-refractivity contribution >= 4 is 22.6 Å². The predicted octanol–water partition coefficient (Wildman–Crippen LogP) is 3.01. The maximum Gasteiger partial charge on any atom is 0.289 e. The number of halogens is 1. The molecule has 170 valence electrons. The Hall–Kier alpha value is -4.45. The number of benzene rings is 1. The summed E-state index contributed by atoms with van der Waals surface area (Å²) in [5.41, 5.74) is 0.963. The lowest BCUT2D eigenvalue weighted by atomic mass is 10.1. The summed E-state index contributed by atoms with van der Waals surface area (Å²) in [5, 5.41) is 10.3. The molecule has 1 aliphatic heterocycles. The largest absolute Gasteiger partial charge is 0.459 e. The molecule has 0 bridgehead atoms. The number of furan rings is 1. The summed E-state index contributed by atoms with van der Waals surface area (Å²) >= 11 is 0. The summed E-state index contributed by atoms with van der Waals surface area (Å²) < 4.78 is 20.9. The normalized spacial score (nSPS) is 13.8. The number of pyridine rings is 2. The highest BCUT2D eigenvalue weighted by molar-refractivity contribution is 5.94. The minimum Gasteiger partial charge on any atom is -0.459 e. The summed E-state index contributed by atoms with van der Waals surface area (Å²) in [5.74, 6) is -0.526. The summed E-state index contributed by atoms with van der Waals surface area (Å²) in [6.07, 6.45) is 2.51. The van der Waals surface area contributed by atoms with Crippen LogP contribution in [0.5, 0.6) is 0 Å². The number of nitrogens with zero attached hydrogens (tertiary/aromatic N) is 5. The fourth-order valence-corrected chi connectivity index (χ4v) is 4.32. The van der Waals surface area contributed by atoms with E-state index in [-0.39, 0.29) is 23.8 Å². The van der Waals surface area contributed by atoms with Crippen molar-refractivity contribution in [3.05, 3.63) is 94.0 Å². The monoisotopic (exact) mass is 457 g/mol. The Labute approximate surface area is 194 Å². The topological polar surface area (TPSA) is 95.4 Å². The lowest BCUT2D eigenvalue weighted by molar-refractivity contribution is 0.0715. The standard InChI is InChI=1S/C25H20FN5O3/c26-18-13-19-22(29-8-10-30(11-9-29)25(33)21-7-4-12-34-21)20(14-27)24(32)31(23(19)28-15-18)16-17-5-2-1-3-6-17/h1-7,12-13,15H,8-11,16H2. The van der Waals surface area contributed by atoms with Gasteiger partial charge in [0.2, 0.25) is 0 Å². The third-order valence-corrected chi connectivity index (χ3v) is 5.95. The molecule has 5 rings (SSSR count). The van der Waals surface area contributed by atoms with Gasteiger partial charge in [-0.15, -0.1) is 0 Å². The van der Waals surface area contributed by atoms with Gasteiger partial charge in [0.15, 0.2) is 5.76 Å². The highest BCUT2D eigenvalue weighted by Crippen LogP contribution is 2.30. The number of nitriles is 1. The Balaban J connectivity index is 1.55. The van der Waals surface area contributed by atoms with Crippen LogP contribution in [0.3, 0.4) is 0 Å². The molecule has 3 aromatic heterocycles. The molecular weight excluding hydrogens is 437 g/mol. The molecule has 0 aliphatic carbocycles. The molecule has 0 saturated carbocycles. The van der Waals surface area contributed by atoms with Crippen molar-refractivity contribution in [3.8, 4) is 6.07 Å². The Morgan fingerprint density at radius 2 is 1.88 bits per heavy atom. The van der Waals surface area contributed by atoms with E-state index in [4.69, 9.17) is 4.42 Å². The first kappa shape index (κ1) is 21.4. The first-order valence-corrected chi connectivity index (χ1v) is 10.8. The van der Waals surface area contributed by atoms with E-state index in [1.807, 2.05) is 41.3 Å². The average Bonchev–Trinajstić information content (AvgIpc) is 3.41. The third kappa shape index (κ3) is 3.79. The highest BCUT2D eigenvalue weighted by atomic mass is 19.1. The van der Waals surface area contributed by atoms with Gasteiger partial charge in [-0.2, -0.15) is 5.26 Å². The molecule has 0 unspecified atom stereocenters. The van der Waals surface area contributed by atoms with Gasteiger partial charge in [0.05, 0.1) is 24.7 Å². The van der Waals surface area contributed by atoms with Gasteiger partial charge in [-0.25, -0.2) is 9.37 Å². The van der Waals surface area contributed by atoms with Gasteiger partial charge >= 0.3 is 0 Å². The van der Waals surface area contributed by atoms with Crippen LogP contribution in [0.1, 0.15) is 21.7 Å². The van der Waals surface area contributed by atoms with E-state index in [9.17, 15) is 19.2 Å². The Bertz CT molecular complexity index is 1450. The zero-order valence-corrected chi connectivity index (χ0v) is 18.1. The van der Waals surface area contributed by atoms with E-state index in [2.05, 4.69) is 4.98 Å². The van der Waals surface area contributed by atoms with Gasteiger partial charge in [-0.1, -0.05) is 30.3 Å². The minimum atomic E-state index is -0.561. The molecule has 1 amide bonds. The first-order chi connectivity index (χ1) is 16.6. The molecule has 0 radical (unpaired) electrons. The van der Waals surface area contributed by atoms with Crippen LogP contribution in [0.25, 0.3) is 11.0 Å². The highest BCUT2D eigenvalue weighted by Gasteiger charge is 2.28. The van der Waals surface area contributed by atoms with Crippen molar-refractivity contribution < 1.29 is 13.6 Å². The number of aromatic nitrogens is 2. The minimum absolute atomic E-state index is 0.0679. The second-order valence-electron chi connectivity index (χ2n) is 7.99. The van der Waals surface area contributed by atoms with Crippen molar-refractivity contribution in [2.24, 2.45) is 0 Å². The number of anilines is 1. The fourth-order valence-electron chi connectivity index (χ4n) is 4.32. The van der Waals surface area contributed by atoms with Gasteiger partial charge in [-0.05, 0) is 23.8 Å². The lowest BCUT2D eigenvalue weighted by Crippen LogP contribution is -2.49. The number of carbonyl (C=O) groups is 1. The van der Waals surface area contributed by atoms with Gasteiger partial charge in [0.1, 0.15) is 23.1 Å². The van der Waals surface area contributed by atoms with E-state index in [1.165, 1.54) is 16.9 Å². The predicted molar refractivity (Wildman–Crippen MR) is 123 cm³/mol. The second-order valence-corrected chi connectivity index (χ2v) is 7.99. The van der Waals surface area contributed by atoms with Crippen molar-refractivity contribution in [3.63, 3.8) is 0 Å².